The average Bonchev–Trinajstić information content (AvgIpc) is 3.21. The van der Waals surface area contributed by atoms with Gasteiger partial charge in [0.1, 0.15) is 12.4 Å². The van der Waals surface area contributed by atoms with Crippen molar-refractivity contribution in [1.29, 1.82) is 0 Å². The van der Waals surface area contributed by atoms with Crippen LogP contribution in [0.15, 0.2) is 34.9 Å². The Morgan fingerprint density at radius 1 is 1.33 bits per heavy atom. The fourth-order valence-electron chi connectivity index (χ4n) is 2.46. The van der Waals surface area contributed by atoms with E-state index in [1.54, 1.807) is 11.3 Å². The van der Waals surface area contributed by atoms with Crippen molar-refractivity contribution in [2.24, 2.45) is 10.9 Å². The third kappa shape index (κ3) is 5.67. The molecule has 0 fully saturated rings. The summed E-state index contributed by atoms with van der Waals surface area (Å²) in [6, 6.07) is 4.29. The fraction of sp³-hybridized carbons (Fsp3) is 0.556. The summed E-state index contributed by atoms with van der Waals surface area (Å²) in [5, 5.41) is 8.88. The monoisotopic (exact) mass is 347 g/mol. The van der Waals surface area contributed by atoms with Crippen molar-refractivity contribution in [3.63, 3.8) is 0 Å². The van der Waals surface area contributed by atoms with Crippen molar-refractivity contribution >= 4 is 17.3 Å². The zero-order chi connectivity index (χ0) is 17.4. The highest BCUT2D eigenvalue weighted by Gasteiger charge is 2.08. The maximum absolute atomic E-state index is 4.69. The van der Waals surface area contributed by atoms with Gasteiger partial charge in [-0.3, -0.25) is 0 Å². The van der Waals surface area contributed by atoms with Crippen molar-refractivity contribution in [1.82, 2.24) is 20.2 Å². The van der Waals surface area contributed by atoms with E-state index in [4.69, 9.17) is 4.99 Å². The molecular formula is C18H29N5S. The Balaban J connectivity index is 1.94. The number of imidazole rings is 1. The molecule has 0 aliphatic rings. The molecule has 0 radical (unpaired) electrons. The molecule has 6 heteroatoms. The zero-order valence-electron chi connectivity index (χ0n) is 15.1. The van der Waals surface area contributed by atoms with Gasteiger partial charge < -0.3 is 15.2 Å². The zero-order valence-corrected chi connectivity index (χ0v) is 15.9. The largest absolute Gasteiger partial charge is 0.357 e. The highest BCUT2D eigenvalue weighted by Crippen LogP contribution is 2.19. The minimum absolute atomic E-state index is 0.469. The van der Waals surface area contributed by atoms with E-state index in [-0.39, 0.29) is 0 Å². The molecule has 0 saturated carbocycles. The Morgan fingerprint density at radius 2 is 2.17 bits per heavy atom. The predicted molar refractivity (Wildman–Crippen MR) is 103 cm³/mol. The molecule has 0 aliphatic heterocycles. The van der Waals surface area contributed by atoms with Crippen LogP contribution in [-0.2, 0) is 13.1 Å². The molecule has 2 rings (SSSR count). The van der Waals surface area contributed by atoms with Gasteiger partial charge in [-0.2, -0.15) is 0 Å². The SMILES string of the molecule is CCNC(=NCc1nccn1CC(C)C)NCC(C)c1cccs1. The Bertz CT molecular complexity index is 615. The summed E-state index contributed by atoms with van der Waals surface area (Å²) in [6.45, 7) is 12.0. The van der Waals surface area contributed by atoms with Crippen molar-refractivity contribution in [2.75, 3.05) is 13.1 Å². The van der Waals surface area contributed by atoms with Gasteiger partial charge >= 0.3 is 0 Å². The highest BCUT2D eigenvalue weighted by molar-refractivity contribution is 7.10. The second-order valence-corrected chi connectivity index (χ2v) is 7.36. The van der Waals surface area contributed by atoms with Gasteiger partial charge in [0.25, 0.3) is 0 Å². The van der Waals surface area contributed by atoms with E-state index >= 15 is 0 Å². The average molecular weight is 348 g/mol. The number of nitrogens with one attached hydrogen (secondary N) is 2. The molecule has 0 saturated heterocycles. The lowest BCUT2D eigenvalue weighted by atomic mass is 10.1. The molecule has 2 aromatic rings. The molecule has 0 bridgehead atoms. The molecule has 24 heavy (non-hydrogen) atoms. The second kappa shape index (κ2) is 9.47. The molecule has 1 atom stereocenters. The standard InChI is InChI=1S/C18H29N5S/c1-5-19-18(21-11-15(4)16-7-6-10-24-16)22-12-17-20-8-9-23(17)13-14(2)3/h6-10,14-15H,5,11-13H2,1-4H3,(H2,19,21,22). The molecule has 2 aromatic heterocycles. The van der Waals surface area contributed by atoms with Gasteiger partial charge in [-0.25, -0.2) is 9.98 Å². The van der Waals surface area contributed by atoms with Crippen LogP contribution in [0.5, 0.6) is 0 Å². The van der Waals surface area contributed by atoms with Gasteiger partial charge in [0.2, 0.25) is 0 Å². The predicted octanol–water partition coefficient (Wildman–Crippen LogP) is 3.46. The number of aliphatic imine (C=N–C) groups is 1. The third-order valence-electron chi connectivity index (χ3n) is 3.69. The first-order valence-electron chi connectivity index (χ1n) is 8.65. The topological polar surface area (TPSA) is 54.2 Å². The van der Waals surface area contributed by atoms with E-state index in [9.17, 15) is 0 Å². The van der Waals surface area contributed by atoms with E-state index in [0.717, 1.165) is 31.4 Å². The molecule has 132 valence electrons. The summed E-state index contributed by atoms with van der Waals surface area (Å²) in [5.74, 6) is 2.92. The Kier molecular flexibility index (Phi) is 7.31. The lowest BCUT2D eigenvalue weighted by Gasteiger charge is -2.15. The minimum Gasteiger partial charge on any atom is -0.357 e. The van der Waals surface area contributed by atoms with Crippen molar-refractivity contribution in [3.8, 4) is 0 Å². The molecule has 0 aromatic carbocycles. The minimum atomic E-state index is 0.469. The van der Waals surface area contributed by atoms with Gasteiger partial charge in [0.15, 0.2) is 5.96 Å². The lowest BCUT2D eigenvalue weighted by Crippen LogP contribution is -2.39. The van der Waals surface area contributed by atoms with Crippen molar-refractivity contribution in [2.45, 2.75) is 46.7 Å². The van der Waals surface area contributed by atoms with E-state index in [0.29, 0.717) is 18.4 Å². The second-order valence-electron chi connectivity index (χ2n) is 6.38. The molecule has 1 unspecified atom stereocenters. The maximum atomic E-state index is 4.69. The fourth-order valence-corrected chi connectivity index (χ4v) is 3.25. The first-order chi connectivity index (χ1) is 11.6. The number of hydrogen-bond donors (Lipinski definition) is 2. The van der Waals surface area contributed by atoms with Crippen LogP contribution in [0.4, 0.5) is 0 Å². The highest BCUT2D eigenvalue weighted by atomic mass is 32.1. The summed E-state index contributed by atoms with van der Waals surface area (Å²) in [6.07, 6.45) is 3.89. The van der Waals surface area contributed by atoms with E-state index < -0.39 is 0 Å². The third-order valence-corrected chi connectivity index (χ3v) is 4.79. The van der Waals surface area contributed by atoms with Gasteiger partial charge in [0, 0.05) is 42.8 Å². The normalized spacial score (nSPS) is 13.3. The summed E-state index contributed by atoms with van der Waals surface area (Å²) >= 11 is 1.80. The van der Waals surface area contributed by atoms with Gasteiger partial charge in [-0.05, 0) is 24.3 Å². The summed E-state index contributed by atoms with van der Waals surface area (Å²) in [7, 11) is 0. The molecule has 0 aliphatic carbocycles. The van der Waals surface area contributed by atoms with Crippen LogP contribution in [-0.4, -0.2) is 28.6 Å². The molecule has 5 nitrogen and oxygen atoms in total. The Hall–Kier alpha value is -1.82. The van der Waals surface area contributed by atoms with Crippen molar-refractivity contribution < 1.29 is 0 Å². The number of guanidine groups is 1. The molecule has 0 spiro atoms. The Morgan fingerprint density at radius 3 is 2.83 bits per heavy atom. The number of thiophene rings is 1. The van der Waals surface area contributed by atoms with E-state index in [1.165, 1.54) is 4.88 Å². The first kappa shape index (κ1) is 18.5. The smallest absolute Gasteiger partial charge is 0.191 e. The molecule has 2 heterocycles. The van der Waals surface area contributed by atoms with E-state index in [1.807, 2.05) is 12.4 Å². The van der Waals surface area contributed by atoms with Crippen LogP contribution >= 0.6 is 11.3 Å². The molecule has 0 amide bonds. The van der Waals surface area contributed by atoms with Crippen molar-refractivity contribution in [3.05, 3.63) is 40.6 Å². The Labute approximate surface area is 149 Å². The summed E-state index contributed by atoms with van der Waals surface area (Å²) in [4.78, 5) is 10.5. The first-order valence-corrected chi connectivity index (χ1v) is 9.53. The van der Waals surface area contributed by atoms with Crippen LogP contribution in [0.3, 0.4) is 0 Å². The molecular weight excluding hydrogens is 318 g/mol. The van der Waals surface area contributed by atoms with E-state index in [2.05, 4.69) is 65.4 Å². The van der Waals surface area contributed by atoms with Gasteiger partial charge in [-0.1, -0.05) is 26.8 Å². The number of nitrogens with zero attached hydrogens (tertiary/aromatic N) is 3. The van der Waals surface area contributed by atoms with Crippen LogP contribution < -0.4 is 10.6 Å². The number of rotatable bonds is 8. The van der Waals surface area contributed by atoms with Crippen LogP contribution in [0.25, 0.3) is 0 Å². The van der Waals surface area contributed by atoms with Crippen LogP contribution in [0, 0.1) is 5.92 Å². The van der Waals surface area contributed by atoms with Crippen LogP contribution in [0.2, 0.25) is 0 Å². The number of aromatic nitrogens is 2. The molecule has 2 N–H and O–H groups in total. The quantitative estimate of drug-likeness (QED) is 0.568. The van der Waals surface area contributed by atoms with Crippen LogP contribution in [0.1, 0.15) is 44.3 Å². The summed E-state index contributed by atoms with van der Waals surface area (Å²) in [5.41, 5.74) is 0. The maximum Gasteiger partial charge on any atom is 0.191 e. The van der Waals surface area contributed by atoms with Gasteiger partial charge in [0.05, 0.1) is 0 Å². The lowest BCUT2D eigenvalue weighted by molar-refractivity contribution is 0.507. The van der Waals surface area contributed by atoms with Gasteiger partial charge in [-0.15, -0.1) is 11.3 Å². The summed E-state index contributed by atoms with van der Waals surface area (Å²) < 4.78 is 2.19. The number of hydrogen-bond acceptors (Lipinski definition) is 3.